The standard InChI is InChI=1S/C12H26.3C3H4O2/c1-5-9-12(8-4,10-6-2)11-7-3;3*1-2-3(4)5/h5-11H2,1-4H3;3*2H,1H2,(H,4,5). The predicted octanol–water partition coefficient (Wildman–Crippen LogP) is 5.55. The van der Waals surface area contributed by atoms with Crippen molar-refractivity contribution in [3.8, 4) is 0 Å². The topological polar surface area (TPSA) is 112 Å². The van der Waals surface area contributed by atoms with Crippen LogP contribution < -0.4 is 0 Å². The summed E-state index contributed by atoms with van der Waals surface area (Å²) in [6.45, 7) is 18.2. The predicted molar refractivity (Wildman–Crippen MR) is 111 cm³/mol. The Kier molecular flexibility index (Phi) is 28.3. The number of aliphatic carboxylic acids is 3. The van der Waals surface area contributed by atoms with Crippen molar-refractivity contribution >= 4 is 17.9 Å². The number of hydrogen-bond donors (Lipinski definition) is 3. The van der Waals surface area contributed by atoms with Crippen LogP contribution in [0.2, 0.25) is 0 Å². The third-order valence-corrected chi connectivity index (χ3v) is 3.61. The van der Waals surface area contributed by atoms with E-state index in [-0.39, 0.29) is 0 Å². The highest BCUT2D eigenvalue weighted by molar-refractivity contribution is 5.79. The molecule has 0 heterocycles. The van der Waals surface area contributed by atoms with Gasteiger partial charge in [-0.3, -0.25) is 0 Å². The highest BCUT2D eigenvalue weighted by Gasteiger charge is 2.24. The molecular weight excluding hydrogens is 348 g/mol. The molecule has 0 saturated carbocycles. The molecule has 0 aromatic rings. The van der Waals surface area contributed by atoms with Crippen LogP contribution in [-0.4, -0.2) is 33.2 Å². The molecule has 3 N–H and O–H groups in total. The van der Waals surface area contributed by atoms with Crippen LogP contribution in [-0.2, 0) is 14.4 Å². The van der Waals surface area contributed by atoms with Crippen LogP contribution in [0.3, 0.4) is 0 Å². The Morgan fingerprint density at radius 3 is 0.926 bits per heavy atom. The van der Waals surface area contributed by atoms with Gasteiger partial charge < -0.3 is 15.3 Å². The van der Waals surface area contributed by atoms with Crippen LogP contribution in [0.4, 0.5) is 0 Å². The summed E-state index contributed by atoms with van der Waals surface area (Å²) in [6.07, 6.45) is 12.2. The van der Waals surface area contributed by atoms with Crippen molar-refractivity contribution in [1.29, 1.82) is 0 Å². The Bertz CT molecular complexity index is 367. The summed E-state index contributed by atoms with van der Waals surface area (Å²) in [5.41, 5.74) is 0.693. The lowest BCUT2D eigenvalue weighted by Gasteiger charge is -2.32. The molecule has 6 nitrogen and oxygen atoms in total. The maximum atomic E-state index is 9.25. The second kappa shape index (κ2) is 23.6. The molecule has 0 fully saturated rings. The molecule has 0 atom stereocenters. The number of rotatable bonds is 10. The minimum atomic E-state index is -0.981. The van der Waals surface area contributed by atoms with Crippen molar-refractivity contribution < 1.29 is 29.7 Å². The van der Waals surface area contributed by atoms with Gasteiger partial charge in [0.25, 0.3) is 0 Å². The average Bonchev–Trinajstić information content (AvgIpc) is 2.63. The number of hydrogen-bond acceptors (Lipinski definition) is 3. The van der Waals surface area contributed by atoms with Crippen LogP contribution in [0.1, 0.15) is 72.6 Å². The lowest BCUT2D eigenvalue weighted by molar-refractivity contribution is -0.132. The molecule has 6 heteroatoms. The van der Waals surface area contributed by atoms with Crippen LogP contribution in [0.5, 0.6) is 0 Å². The first kappa shape index (κ1) is 32.3. The SMILES string of the molecule is C=CC(=O)O.C=CC(=O)O.C=CC(=O)O.CCCC(CC)(CCC)CCC. The minimum absolute atomic E-state index is 0.693. The van der Waals surface area contributed by atoms with E-state index in [4.69, 9.17) is 15.3 Å². The van der Waals surface area contributed by atoms with Crippen molar-refractivity contribution in [1.82, 2.24) is 0 Å². The molecule has 0 unspecified atom stereocenters. The third-order valence-electron chi connectivity index (χ3n) is 3.61. The van der Waals surface area contributed by atoms with Crippen LogP contribution in [0, 0.1) is 5.41 Å². The van der Waals surface area contributed by atoms with Crippen molar-refractivity contribution in [2.24, 2.45) is 5.41 Å². The summed E-state index contributed by atoms with van der Waals surface area (Å²) in [5, 5.41) is 22.8. The Balaban J connectivity index is -0.000000147. The molecule has 0 radical (unpaired) electrons. The number of carbonyl (C=O) groups is 3. The zero-order valence-electron chi connectivity index (χ0n) is 17.4. The smallest absolute Gasteiger partial charge is 0.327 e. The normalized spacial score (nSPS) is 8.89. The van der Waals surface area contributed by atoms with E-state index < -0.39 is 17.9 Å². The number of carboxylic acid groups (broad SMARTS) is 3. The molecule has 158 valence electrons. The molecule has 27 heavy (non-hydrogen) atoms. The first-order chi connectivity index (χ1) is 12.6. The molecule has 0 aliphatic carbocycles. The van der Waals surface area contributed by atoms with Crippen LogP contribution >= 0.6 is 0 Å². The zero-order chi connectivity index (χ0) is 22.3. The Morgan fingerprint density at radius 2 is 0.852 bits per heavy atom. The van der Waals surface area contributed by atoms with Gasteiger partial charge in [-0.05, 0) is 24.7 Å². The molecule has 0 bridgehead atoms. The summed E-state index contributed by atoms with van der Waals surface area (Å²) in [5.74, 6) is -2.94. The van der Waals surface area contributed by atoms with Gasteiger partial charge in [0, 0.05) is 18.2 Å². The zero-order valence-corrected chi connectivity index (χ0v) is 17.4. The average molecular weight is 387 g/mol. The van der Waals surface area contributed by atoms with Gasteiger partial charge in [0.05, 0.1) is 0 Å². The second-order valence-electron chi connectivity index (χ2n) is 5.73. The Morgan fingerprint density at radius 1 is 0.667 bits per heavy atom. The van der Waals surface area contributed by atoms with E-state index in [1.807, 2.05) is 0 Å². The minimum Gasteiger partial charge on any atom is -0.478 e. The van der Waals surface area contributed by atoms with Gasteiger partial charge in [-0.1, -0.05) is 73.1 Å². The van der Waals surface area contributed by atoms with Gasteiger partial charge in [-0.15, -0.1) is 0 Å². The quantitative estimate of drug-likeness (QED) is 0.424. The van der Waals surface area contributed by atoms with Crippen molar-refractivity contribution in [3.63, 3.8) is 0 Å². The van der Waals surface area contributed by atoms with Gasteiger partial charge in [0.15, 0.2) is 0 Å². The van der Waals surface area contributed by atoms with E-state index in [2.05, 4.69) is 47.4 Å². The van der Waals surface area contributed by atoms with Gasteiger partial charge in [-0.25, -0.2) is 14.4 Å². The third kappa shape index (κ3) is 31.9. The molecule has 0 aromatic carbocycles. The maximum absolute atomic E-state index is 9.25. The van der Waals surface area contributed by atoms with Gasteiger partial charge in [0.2, 0.25) is 0 Å². The first-order valence-corrected chi connectivity index (χ1v) is 9.12. The summed E-state index contributed by atoms with van der Waals surface area (Å²) < 4.78 is 0. The van der Waals surface area contributed by atoms with E-state index in [1.165, 1.54) is 44.9 Å². The molecule has 0 aliphatic heterocycles. The molecule has 0 aliphatic rings. The van der Waals surface area contributed by atoms with Gasteiger partial charge in [-0.2, -0.15) is 0 Å². The summed E-state index contributed by atoms with van der Waals surface area (Å²) in [6, 6.07) is 0. The molecule has 0 saturated heterocycles. The Labute approximate surface area is 164 Å². The largest absolute Gasteiger partial charge is 0.478 e. The first-order valence-electron chi connectivity index (χ1n) is 9.12. The lowest BCUT2D eigenvalue weighted by atomic mass is 9.74. The second-order valence-corrected chi connectivity index (χ2v) is 5.73. The van der Waals surface area contributed by atoms with Crippen LogP contribution in [0.25, 0.3) is 0 Å². The summed E-state index contributed by atoms with van der Waals surface area (Å²) in [7, 11) is 0. The maximum Gasteiger partial charge on any atom is 0.327 e. The van der Waals surface area contributed by atoms with Crippen molar-refractivity contribution in [2.45, 2.75) is 72.6 Å². The highest BCUT2D eigenvalue weighted by atomic mass is 16.4. The van der Waals surface area contributed by atoms with Crippen LogP contribution in [0.15, 0.2) is 38.0 Å². The fraction of sp³-hybridized carbons (Fsp3) is 0.571. The summed E-state index contributed by atoms with van der Waals surface area (Å²) >= 11 is 0. The molecule has 0 aromatic heterocycles. The molecular formula is C21H38O6. The molecule has 0 amide bonds. The molecule has 0 rings (SSSR count). The van der Waals surface area contributed by atoms with Gasteiger partial charge >= 0.3 is 17.9 Å². The fourth-order valence-electron chi connectivity index (χ4n) is 2.50. The van der Waals surface area contributed by atoms with E-state index in [0.717, 1.165) is 18.2 Å². The number of carboxylic acids is 3. The lowest BCUT2D eigenvalue weighted by Crippen LogP contribution is -2.19. The summed E-state index contributed by atoms with van der Waals surface area (Å²) in [4.78, 5) is 27.8. The Hall–Kier alpha value is -2.37. The van der Waals surface area contributed by atoms with Crippen molar-refractivity contribution in [2.75, 3.05) is 0 Å². The van der Waals surface area contributed by atoms with E-state index >= 15 is 0 Å². The van der Waals surface area contributed by atoms with Crippen molar-refractivity contribution in [3.05, 3.63) is 38.0 Å². The monoisotopic (exact) mass is 386 g/mol. The fourth-order valence-corrected chi connectivity index (χ4v) is 2.50. The molecule has 0 spiro atoms. The van der Waals surface area contributed by atoms with E-state index in [9.17, 15) is 14.4 Å². The van der Waals surface area contributed by atoms with Gasteiger partial charge in [0.1, 0.15) is 0 Å². The van der Waals surface area contributed by atoms with E-state index in [0.29, 0.717) is 5.41 Å². The highest BCUT2D eigenvalue weighted by Crippen LogP contribution is 2.37. The van der Waals surface area contributed by atoms with E-state index in [1.54, 1.807) is 0 Å².